The molecule has 6 nitrogen and oxygen atoms in total. The molecular weight excluding hydrogens is 336 g/mol. The topological polar surface area (TPSA) is 71.1 Å². The van der Waals surface area contributed by atoms with E-state index in [0.717, 1.165) is 0 Å². The minimum absolute atomic E-state index is 0.0190. The van der Waals surface area contributed by atoms with Crippen LogP contribution in [0.25, 0.3) is 0 Å². The van der Waals surface area contributed by atoms with Crippen molar-refractivity contribution >= 4 is 11.8 Å². The zero-order valence-electron chi connectivity index (χ0n) is 15.3. The van der Waals surface area contributed by atoms with Crippen LogP contribution in [0.3, 0.4) is 0 Å². The van der Waals surface area contributed by atoms with Crippen molar-refractivity contribution in [1.82, 2.24) is 0 Å². The monoisotopic (exact) mass is 358 g/mol. The van der Waals surface area contributed by atoms with Crippen molar-refractivity contribution in [2.75, 3.05) is 20.8 Å². The summed E-state index contributed by atoms with van der Waals surface area (Å²) in [5.74, 6) is 0.958. The quantitative estimate of drug-likeness (QED) is 0.530. The highest BCUT2D eigenvalue weighted by molar-refractivity contribution is 5.94. The average Bonchev–Trinajstić information content (AvgIpc) is 2.66. The standard InChI is InChI=1S/C20H22O6/c1-5-25-19-7-6-14(13(2)21)8-16(19)12-26-20(22)15-9-17(23-3)11-18(10-15)24-4/h6-11H,5,12H2,1-4H3. The maximum absolute atomic E-state index is 12.4. The number of ketones is 1. The van der Waals surface area contributed by atoms with Gasteiger partial charge in [-0.15, -0.1) is 0 Å². The summed E-state index contributed by atoms with van der Waals surface area (Å²) >= 11 is 0. The summed E-state index contributed by atoms with van der Waals surface area (Å²) in [6.07, 6.45) is 0. The molecule has 0 aliphatic carbocycles. The number of methoxy groups -OCH3 is 2. The van der Waals surface area contributed by atoms with E-state index in [9.17, 15) is 9.59 Å². The number of hydrogen-bond acceptors (Lipinski definition) is 6. The van der Waals surface area contributed by atoms with Crippen LogP contribution in [-0.2, 0) is 11.3 Å². The van der Waals surface area contributed by atoms with Crippen LogP contribution in [0, 0.1) is 0 Å². The molecule has 0 N–H and O–H groups in total. The highest BCUT2D eigenvalue weighted by Crippen LogP contribution is 2.25. The van der Waals surface area contributed by atoms with E-state index >= 15 is 0 Å². The van der Waals surface area contributed by atoms with E-state index in [4.69, 9.17) is 18.9 Å². The summed E-state index contributed by atoms with van der Waals surface area (Å²) in [6.45, 7) is 3.79. The second-order valence-corrected chi connectivity index (χ2v) is 5.49. The van der Waals surface area contributed by atoms with E-state index in [1.807, 2.05) is 6.92 Å². The maximum atomic E-state index is 12.4. The van der Waals surface area contributed by atoms with Gasteiger partial charge in [0.25, 0.3) is 0 Å². The van der Waals surface area contributed by atoms with Crippen LogP contribution in [0.15, 0.2) is 36.4 Å². The molecule has 0 atom stereocenters. The summed E-state index contributed by atoms with van der Waals surface area (Å²) in [6, 6.07) is 9.87. The second kappa shape index (κ2) is 8.89. The van der Waals surface area contributed by atoms with Crippen LogP contribution >= 0.6 is 0 Å². The Morgan fingerprint density at radius 3 is 2.12 bits per heavy atom. The van der Waals surface area contributed by atoms with Gasteiger partial charge in [-0.3, -0.25) is 4.79 Å². The lowest BCUT2D eigenvalue weighted by atomic mass is 10.1. The lowest BCUT2D eigenvalue weighted by Gasteiger charge is -2.13. The van der Waals surface area contributed by atoms with Crippen molar-refractivity contribution in [3.05, 3.63) is 53.1 Å². The van der Waals surface area contributed by atoms with E-state index in [2.05, 4.69) is 0 Å². The summed E-state index contributed by atoms with van der Waals surface area (Å²) in [5, 5.41) is 0. The Morgan fingerprint density at radius 2 is 1.58 bits per heavy atom. The first kappa shape index (κ1) is 19.3. The van der Waals surface area contributed by atoms with Crippen LogP contribution in [-0.4, -0.2) is 32.6 Å². The smallest absolute Gasteiger partial charge is 0.338 e. The van der Waals surface area contributed by atoms with Gasteiger partial charge in [0.05, 0.1) is 26.4 Å². The molecule has 0 bridgehead atoms. The normalized spacial score (nSPS) is 10.2. The average molecular weight is 358 g/mol. The number of rotatable bonds is 8. The van der Waals surface area contributed by atoms with Crippen LogP contribution in [0.1, 0.15) is 40.1 Å². The van der Waals surface area contributed by atoms with Gasteiger partial charge in [-0.05, 0) is 44.2 Å². The molecule has 0 heterocycles. The zero-order chi connectivity index (χ0) is 19.1. The summed E-state index contributed by atoms with van der Waals surface area (Å²) in [4.78, 5) is 24.0. The largest absolute Gasteiger partial charge is 0.497 e. The first-order valence-corrected chi connectivity index (χ1v) is 8.15. The number of benzene rings is 2. The van der Waals surface area contributed by atoms with Gasteiger partial charge in [0.15, 0.2) is 5.78 Å². The van der Waals surface area contributed by atoms with Gasteiger partial charge in [-0.1, -0.05) is 0 Å². The third-order valence-corrected chi connectivity index (χ3v) is 3.71. The molecule has 2 aromatic rings. The summed E-state index contributed by atoms with van der Waals surface area (Å²) in [7, 11) is 3.01. The van der Waals surface area contributed by atoms with E-state index in [-0.39, 0.29) is 12.4 Å². The fourth-order valence-corrected chi connectivity index (χ4v) is 2.36. The Kier molecular flexibility index (Phi) is 6.60. The lowest BCUT2D eigenvalue weighted by Crippen LogP contribution is -2.08. The van der Waals surface area contributed by atoms with Gasteiger partial charge < -0.3 is 18.9 Å². The molecule has 0 aliphatic rings. The van der Waals surface area contributed by atoms with Crippen LogP contribution in [0.5, 0.6) is 17.2 Å². The summed E-state index contributed by atoms with van der Waals surface area (Å²) < 4.78 is 21.3. The molecule has 6 heteroatoms. The Morgan fingerprint density at radius 1 is 0.923 bits per heavy atom. The van der Waals surface area contributed by atoms with Crippen molar-refractivity contribution in [2.45, 2.75) is 20.5 Å². The third kappa shape index (κ3) is 4.75. The van der Waals surface area contributed by atoms with Crippen molar-refractivity contribution < 1.29 is 28.5 Å². The fourth-order valence-electron chi connectivity index (χ4n) is 2.36. The van der Waals surface area contributed by atoms with E-state index in [1.54, 1.807) is 36.4 Å². The van der Waals surface area contributed by atoms with Crippen LogP contribution < -0.4 is 14.2 Å². The molecular formula is C20H22O6. The number of carbonyl (C=O) groups is 2. The highest BCUT2D eigenvalue weighted by atomic mass is 16.5. The molecule has 0 aliphatic heterocycles. The Hall–Kier alpha value is -3.02. The third-order valence-electron chi connectivity index (χ3n) is 3.71. The Balaban J connectivity index is 2.21. The van der Waals surface area contributed by atoms with Gasteiger partial charge in [0.1, 0.15) is 23.9 Å². The molecule has 0 aromatic heterocycles. The van der Waals surface area contributed by atoms with Gasteiger partial charge >= 0.3 is 5.97 Å². The van der Waals surface area contributed by atoms with Gasteiger partial charge in [-0.25, -0.2) is 4.79 Å². The van der Waals surface area contributed by atoms with Gasteiger partial charge in [0, 0.05) is 17.2 Å². The second-order valence-electron chi connectivity index (χ2n) is 5.49. The van der Waals surface area contributed by atoms with Gasteiger partial charge in [-0.2, -0.15) is 0 Å². The first-order chi connectivity index (χ1) is 12.5. The molecule has 2 aromatic carbocycles. The predicted molar refractivity (Wildman–Crippen MR) is 96.3 cm³/mol. The number of ether oxygens (including phenoxy) is 4. The molecule has 0 fully saturated rings. The maximum Gasteiger partial charge on any atom is 0.338 e. The van der Waals surface area contributed by atoms with Crippen LogP contribution in [0.2, 0.25) is 0 Å². The molecule has 0 saturated carbocycles. The first-order valence-electron chi connectivity index (χ1n) is 8.15. The molecule has 26 heavy (non-hydrogen) atoms. The van der Waals surface area contributed by atoms with Gasteiger partial charge in [0.2, 0.25) is 0 Å². The number of Topliss-reactive ketones (excluding diaryl/α,β-unsaturated/α-hetero) is 1. The van der Waals surface area contributed by atoms with Crippen LogP contribution in [0.4, 0.5) is 0 Å². The molecule has 0 spiro atoms. The van der Waals surface area contributed by atoms with E-state index in [0.29, 0.717) is 40.5 Å². The van der Waals surface area contributed by atoms with E-state index < -0.39 is 5.97 Å². The molecule has 0 amide bonds. The van der Waals surface area contributed by atoms with Crippen molar-refractivity contribution in [3.8, 4) is 17.2 Å². The van der Waals surface area contributed by atoms with Crippen molar-refractivity contribution in [2.24, 2.45) is 0 Å². The minimum Gasteiger partial charge on any atom is -0.497 e. The van der Waals surface area contributed by atoms with Crippen molar-refractivity contribution in [1.29, 1.82) is 0 Å². The molecule has 2 rings (SSSR count). The molecule has 0 radical (unpaired) electrons. The van der Waals surface area contributed by atoms with E-state index in [1.165, 1.54) is 21.1 Å². The summed E-state index contributed by atoms with van der Waals surface area (Å²) in [5.41, 5.74) is 1.46. The molecule has 0 saturated heterocycles. The SMILES string of the molecule is CCOc1ccc(C(C)=O)cc1COC(=O)c1cc(OC)cc(OC)c1. The Labute approximate surface area is 152 Å². The number of hydrogen-bond donors (Lipinski definition) is 0. The number of carbonyl (C=O) groups excluding carboxylic acids is 2. The number of esters is 1. The lowest BCUT2D eigenvalue weighted by molar-refractivity contribution is 0.0469. The van der Waals surface area contributed by atoms with Crippen molar-refractivity contribution in [3.63, 3.8) is 0 Å². The molecule has 138 valence electrons. The zero-order valence-corrected chi connectivity index (χ0v) is 15.3. The minimum atomic E-state index is -0.530. The predicted octanol–water partition coefficient (Wildman–Crippen LogP) is 3.66. The Bertz CT molecular complexity index is 775. The molecule has 0 unspecified atom stereocenters. The fraction of sp³-hybridized carbons (Fsp3) is 0.300. The highest BCUT2D eigenvalue weighted by Gasteiger charge is 2.14.